The molecule has 0 saturated carbocycles. The average Bonchev–Trinajstić information content (AvgIpc) is 3.23. The molecule has 1 saturated heterocycles. The number of aryl methyl sites for hydroxylation is 1. The molecule has 7 nitrogen and oxygen atoms in total. The highest BCUT2D eigenvalue weighted by Gasteiger charge is 2.30. The number of carbonyl (C=O) groups is 3. The van der Waals surface area contributed by atoms with Crippen LogP contribution in [0.15, 0.2) is 54.7 Å². The summed E-state index contributed by atoms with van der Waals surface area (Å²) in [6.07, 6.45) is 2.83. The summed E-state index contributed by atoms with van der Waals surface area (Å²) < 4.78 is 1.82. The van der Waals surface area contributed by atoms with Gasteiger partial charge in [0.1, 0.15) is 5.82 Å². The first-order chi connectivity index (χ1) is 15.0. The van der Waals surface area contributed by atoms with E-state index in [0.29, 0.717) is 36.4 Å². The Morgan fingerprint density at radius 3 is 2.58 bits per heavy atom. The van der Waals surface area contributed by atoms with Crippen LogP contribution in [0.5, 0.6) is 0 Å². The zero-order valence-electron chi connectivity index (χ0n) is 16.5. The Kier molecular flexibility index (Phi) is 4.82. The van der Waals surface area contributed by atoms with E-state index in [1.54, 1.807) is 11.1 Å². The van der Waals surface area contributed by atoms with Crippen LogP contribution in [0.4, 0.5) is 11.5 Å². The summed E-state index contributed by atoms with van der Waals surface area (Å²) in [7, 11) is 0. The van der Waals surface area contributed by atoms with Gasteiger partial charge in [0, 0.05) is 24.5 Å². The van der Waals surface area contributed by atoms with E-state index in [2.05, 4.69) is 10.4 Å². The molecule has 0 bridgehead atoms. The number of benzene rings is 2. The first kappa shape index (κ1) is 19.5. The van der Waals surface area contributed by atoms with Crippen molar-refractivity contribution in [3.8, 4) is 11.1 Å². The van der Waals surface area contributed by atoms with Gasteiger partial charge in [0.15, 0.2) is 0 Å². The van der Waals surface area contributed by atoms with Gasteiger partial charge in [-0.05, 0) is 29.7 Å². The summed E-state index contributed by atoms with van der Waals surface area (Å²) in [6.45, 7) is 0.582. The van der Waals surface area contributed by atoms with Crippen molar-refractivity contribution in [1.82, 2.24) is 15.1 Å². The number of nitrogens with zero attached hydrogens (tertiary/aromatic N) is 3. The maximum atomic E-state index is 12.5. The highest BCUT2D eigenvalue weighted by molar-refractivity contribution is 6.34. The standard InChI is InChI=1S/C23H19ClN4O3/c24-22-16(2-1-3-17(22)18-8-9-19(29)26-23(18)31)14-4-6-15(7-5-14)28-20-10-12-25-27(20)13-11-21(28)30/h1-7,10,12,18H,8-9,11,13H2,(H,26,29,31). The minimum absolute atomic E-state index is 0.0265. The fourth-order valence-corrected chi connectivity index (χ4v) is 4.59. The quantitative estimate of drug-likeness (QED) is 0.635. The molecular formula is C23H19ClN4O3. The molecule has 3 aromatic rings. The van der Waals surface area contributed by atoms with Crippen molar-refractivity contribution in [3.63, 3.8) is 0 Å². The molecule has 2 aliphatic heterocycles. The number of nitrogens with one attached hydrogen (secondary N) is 1. The Balaban J connectivity index is 1.47. The third kappa shape index (κ3) is 3.41. The molecule has 1 N–H and O–H groups in total. The van der Waals surface area contributed by atoms with Crippen LogP contribution in [0.2, 0.25) is 5.02 Å². The number of aromatic nitrogens is 2. The Hall–Kier alpha value is -3.45. The van der Waals surface area contributed by atoms with Crippen LogP contribution in [0.25, 0.3) is 11.1 Å². The lowest BCUT2D eigenvalue weighted by Crippen LogP contribution is -2.39. The fourth-order valence-electron chi connectivity index (χ4n) is 4.23. The second-order valence-corrected chi connectivity index (χ2v) is 8.03. The number of anilines is 2. The molecule has 1 fully saturated rings. The van der Waals surface area contributed by atoms with E-state index in [9.17, 15) is 14.4 Å². The summed E-state index contributed by atoms with van der Waals surface area (Å²) in [5, 5.41) is 7.14. The predicted molar refractivity (Wildman–Crippen MR) is 116 cm³/mol. The normalized spacial score (nSPS) is 18.7. The number of hydrogen-bond donors (Lipinski definition) is 1. The average molecular weight is 435 g/mol. The smallest absolute Gasteiger partial charge is 0.234 e. The number of imide groups is 1. The number of rotatable bonds is 3. The van der Waals surface area contributed by atoms with Crippen molar-refractivity contribution in [2.24, 2.45) is 0 Å². The van der Waals surface area contributed by atoms with Gasteiger partial charge in [-0.1, -0.05) is 41.9 Å². The molecule has 0 aliphatic carbocycles. The SMILES string of the molecule is O=C1CCC(c2cccc(-c3ccc(N4C(=O)CCn5nccc54)cc3)c2Cl)C(=O)N1. The molecule has 1 unspecified atom stereocenters. The Morgan fingerprint density at radius 2 is 1.81 bits per heavy atom. The second kappa shape index (κ2) is 7.67. The molecule has 156 valence electrons. The highest BCUT2D eigenvalue weighted by Crippen LogP contribution is 2.38. The fraction of sp³-hybridized carbons (Fsp3) is 0.217. The zero-order valence-corrected chi connectivity index (χ0v) is 17.3. The van der Waals surface area contributed by atoms with Crippen LogP contribution in [-0.2, 0) is 20.9 Å². The number of amides is 3. The molecule has 31 heavy (non-hydrogen) atoms. The molecule has 3 amide bonds. The van der Waals surface area contributed by atoms with Crippen molar-refractivity contribution in [3.05, 3.63) is 65.3 Å². The Bertz CT molecular complexity index is 1200. The minimum atomic E-state index is -0.448. The van der Waals surface area contributed by atoms with Crippen LogP contribution in [0.1, 0.15) is 30.7 Å². The lowest BCUT2D eigenvalue weighted by atomic mass is 9.88. The number of fused-ring (bicyclic) bond motifs is 1. The maximum Gasteiger partial charge on any atom is 0.234 e. The van der Waals surface area contributed by atoms with Crippen molar-refractivity contribution < 1.29 is 14.4 Å². The lowest BCUT2D eigenvalue weighted by Gasteiger charge is -2.27. The molecular weight excluding hydrogens is 416 g/mol. The van der Waals surface area contributed by atoms with Crippen LogP contribution in [-0.4, -0.2) is 27.5 Å². The monoisotopic (exact) mass is 434 g/mol. The zero-order chi connectivity index (χ0) is 21.5. The van der Waals surface area contributed by atoms with Gasteiger partial charge in [0.2, 0.25) is 17.7 Å². The van der Waals surface area contributed by atoms with E-state index in [0.717, 1.165) is 22.6 Å². The molecule has 2 aromatic carbocycles. The van der Waals surface area contributed by atoms with E-state index in [-0.39, 0.29) is 17.7 Å². The van der Waals surface area contributed by atoms with Gasteiger partial charge in [0.25, 0.3) is 0 Å². The third-order valence-electron chi connectivity index (χ3n) is 5.79. The molecule has 2 aliphatic rings. The number of carbonyl (C=O) groups excluding carboxylic acids is 3. The topological polar surface area (TPSA) is 84.3 Å². The molecule has 8 heteroatoms. The first-order valence-corrected chi connectivity index (χ1v) is 10.5. The molecule has 0 spiro atoms. The molecule has 5 rings (SSSR count). The minimum Gasteiger partial charge on any atom is -0.296 e. The van der Waals surface area contributed by atoms with E-state index in [1.165, 1.54) is 0 Å². The van der Waals surface area contributed by atoms with Crippen molar-refractivity contribution >= 4 is 40.8 Å². The van der Waals surface area contributed by atoms with Crippen LogP contribution < -0.4 is 10.2 Å². The highest BCUT2D eigenvalue weighted by atomic mass is 35.5. The van der Waals surface area contributed by atoms with E-state index < -0.39 is 5.92 Å². The van der Waals surface area contributed by atoms with Crippen molar-refractivity contribution in [2.45, 2.75) is 31.7 Å². The van der Waals surface area contributed by atoms with Gasteiger partial charge in [-0.2, -0.15) is 5.10 Å². The summed E-state index contributed by atoms with van der Waals surface area (Å²) in [4.78, 5) is 38.0. The van der Waals surface area contributed by atoms with Gasteiger partial charge in [-0.25, -0.2) is 4.68 Å². The van der Waals surface area contributed by atoms with Crippen LogP contribution in [0, 0.1) is 0 Å². The van der Waals surface area contributed by atoms with Crippen LogP contribution >= 0.6 is 11.6 Å². The molecule has 3 heterocycles. The van der Waals surface area contributed by atoms with Gasteiger partial charge in [-0.3, -0.25) is 24.6 Å². The number of piperidine rings is 1. The van der Waals surface area contributed by atoms with Gasteiger partial charge < -0.3 is 0 Å². The predicted octanol–water partition coefficient (Wildman–Crippen LogP) is 3.79. The largest absolute Gasteiger partial charge is 0.296 e. The molecule has 1 aromatic heterocycles. The maximum absolute atomic E-state index is 12.5. The Morgan fingerprint density at radius 1 is 1.00 bits per heavy atom. The summed E-state index contributed by atoms with van der Waals surface area (Å²) in [5.74, 6) is -0.236. The van der Waals surface area contributed by atoms with Crippen molar-refractivity contribution in [2.75, 3.05) is 4.90 Å². The summed E-state index contributed by atoms with van der Waals surface area (Å²) in [6, 6.07) is 15.0. The van der Waals surface area contributed by atoms with E-state index in [4.69, 9.17) is 11.6 Å². The summed E-state index contributed by atoms with van der Waals surface area (Å²) >= 11 is 6.70. The van der Waals surface area contributed by atoms with Gasteiger partial charge in [-0.15, -0.1) is 0 Å². The molecule has 1 atom stereocenters. The van der Waals surface area contributed by atoms with E-state index >= 15 is 0 Å². The van der Waals surface area contributed by atoms with Crippen LogP contribution in [0.3, 0.4) is 0 Å². The third-order valence-corrected chi connectivity index (χ3v) is 6.21. The summed E-state index contributed by atoms with van der Waals surface area (Å²) in [5.41, 5.74) is 3.14. The second-order valence-electron chi connectivity index (χ2n) is 7.65. The van der Waals surface area contributed by atoms with Gasteiger partial charge in [0.05, 0.1) is 29.4 Å². The number of halogens is 1. The molecule has 0 radical (unpaired) electrons. The van der Waals surface area contributed by atoms with E-state index in [1.807, 2.05) is 53.2 Å². The van der Waals surface area contributed by atoms with Crippen molar-refractivity contribution in [1.29, 1.82) is 0 Å². The van der Waals surface area contributed by atoms with Gasteiger partial charge >= 0.3 is 0 Å². The number of hydrogen-bond acceptors (Lipinski definition) is 4. The Labute approximate surface area is 183 Å². The lowest BCUT2D eigenvalue weighted by molar-refractivity contribution is -0.134. The first-order valence-electron chi connectivity index (χ1n) is 10.1.